The molecule has 1 atom stereocenters. The lowest BCUT2D eigenvalue weighted by molar-refractivity contribution is -0.137. The fourth-order valence-electron chi connectivity index (χ4n) is 4.71. The van der Waals surface area contributed by atoms with Crippen LogP contribution in [0.4, 0.5) is 26.7 Å². The second-order valence-electron chi connectivity index (χ2n) is 9.00. The highest BCUT2D eigenvalue weighted by Gasteiger charge is 2.40. The van der Waals surface area contributed by atoms with E-state index in [4.69, 9.17) is 0 Å². The Morgan fingerprint density at radius 2 is 1.56 bits per heavy atom. The summed E-state index contributed by atoms with van der Waals surface area (Å²) in [5.41, 5.74) is -1.98. The summed E-state index contributed by atoms with van der Waals surface area (Å²) in [5.74, 6) is -1.69. The number of rotatable bonds is 6. The molecule has 4 rings (SSSR count). The summed E-state index contributed by atoms with van der Waals surface area (Å²) in [6, 6.07) is 14.3. The molecule has 3 aromatic carbocycles. The van der Waals surface area contributed by atoms with Crippen molar-refractivity contribution in [1.82, 2.24) is 10.6 Å². The number of amides is 2. The van der Waals surface area contributed by atoms with E-state index in [0.717, 1.165) is 43.9 Å². The smallest absolute Gasteiger partial charge is 0.335 e. The van der Waals surface area contributed by atoms with E-state index in [1.807, 2.05) is 0 Å². The van der Waals surface area contributed by atoms with E-state index in [1.165, 1.54) is 12.1 Å². The minimum absolute atomic E-state index is 0.00918. The van der Waals surface area contributed by atoms with Crippen molar-refractivity contribution in [2.75, 3.05) is 0 Å². The first-order valence-electron chi connectivity index (χ1n) is 11.5. The number of alkyl halides is 3. The van der Waals surface area contributed by atoms with Crippen molar-refractivity contribution in [3.63, 3.8) is 0 Å². The molecule has 1 fully saturated rings. The maximum absolute atomic E-state index is 14.7. The standard InChI is InChI=1S/C27H24BrF5N2O/c28-23-15-18(10-11-24(23)30)26(16-17-6-2-1-3-7-17,35-25(36)34-22-8-4-5-9-22)19-12-20(27(31,32)33)14-21(29)13-19/h1-3,6-7,10-15,22H,4-5,8-9,16H2,(H2,34,35,36). The second kappa shape index (κ2) is 10.6. The Bertz CT molecular complexity index is 1230. The summed E-state index contributed by atoms with van der Waals surface area (Å²) in [6.45, 7) is 0. The molecule has 1 aliphatic rings. The van der Waals surface area contributed by atoms with Gasteiger partial charge >= 0.3 is 12.2 Å². The van der Waals surface area contributed by atoms with Crippen LogP contribution in [0.2, 0.25) is 0 Å². The van der Waals surface area contributed by atoms with Crippen LogP contribution < -0.4 is 10.6 Å². The first kappa shape index (κ1) is 26.1. The average molecular weight is 567 g/mol. The van der Waals surface area contributed by atoms with Gasteiger partial charge in [-0.1, -0.05) is 49.2 Å². The van der Waals surface area contributed by atoms with Gasteiger partial charge in [-0.25, -0.2) is 13.6 Å². The number of hydrogen-bond acceptors (Lipinski definition) is 1. The van der Waals surface area contributed by atoms with Crippen LogP contribution in [0.5, 0.6) is 0 Å². The van der Waals surface area contributed by atoms with Crippen LogP contribution in [0.1, 0.15) is 47.9 Å². The predicted octanol–water partition coefficient (Wildman–Crippen LogP) is 7.47. The van der Waals surface area contributed by atoms with Crippen molar-refractivity contribution >= 4 is 22.0 Å². The Morgan fingerprint density at radius 1 is 0.889 bits per heavy atom. The van der Waals surface area contributed by atoms with Crippen LogP contribution >= 0.6 is 15.9 Å². The molecule has 2 amide bonds. The Hall–Kier alpha value is -2.94. The zero-order chi connectivity index (χ0) is 25.9. The van der Waals surface area contributed by atoms with Gasteiger partial charge in [0.15, 0.2) is 0 Å². The van der Waals surface area contributed by atoms with E-state index in [2.05, 4.69) is 26.6 Å². The molecule has 0 aromatic heterocycles. The van der Waals surface area contributed by atoms with E-state index in [0.29, 0.717) is 17.2 Å². The third-order valence-corrected chi connectivity index (χ3v) is 7.07. The number of carbonyl (C=O) groups excluding carboxylic acids is 1. The van der Waals surface area contributed by atoms with Gasteiger partial charge < -0.3 is 10.6 Å². The largest absolute Gasteiger partial charge is 0.416 e. The van der Waals surface area contributed by atoms with E-state index >= 15 is 0 Å². The normalized spacial score (nSPS) is 15.9. The van der Waals surface area contributed by atoms with Crippen LogP contribution in [0.15, 0.2) is 71.2 Å². The van der Waals surface area contributed by atoms with Gasteiger partial charge in [0, 0.05) is 12.5 Å². The number of nitrogens with one attached hydrogen (secondary N) is 2. The van der Waals surface area contributed by atoms with Crippen molar-refractivity contribution in [2.45, 2.75) is 49.9 Å². The molecule has 3 nitrogen and oxygen atoms in total. The maximum Gasteiger partial charge on any atom is 0.416 e. The first-order valence-corrected chi connectivity index (χ1v) is 12.3. The SMILES string of the molecule is O=C(NC1CCCC1)NC(Cc1ccccc1)(c1cc(F)cc(C(F)(F)F)c1)c1ccc(F)c(Br)c1. The van der Waals surface area contributed by atoms with Gasteiger partial charge in [0.2, 0.25) is 0 Å². The fraction of sp³-hybridized carbons (Fsp3) is 0.296. The van der Waals surface area contributed by atoms with E-state index < -0.39 is 34.9 Å². The van der Waals surface area contributed by atoms with Gasteiger partial charge in [-0.2, -0.15) is 13.2 Å². The third kappa shape index (κ3) is 5.88. The molecule has 0 bridgehead atoms. The zero-order valence-corrected chi connectivity index (χ0v) is 20.7. The summed E-state index contributed by atoms with van der Waals surface area (Å²) in [6.07, 6.45) is -1.32. The number of hydrogen-bond donors (Lipinski definition) is 2. The summed E-state index contributed by atoms with van der Waals surface area (Å²) in [4.78, 5) is 13.2. The molecule has 0 saturated heterocycles. The fourth-order valence-corrected chi connectivity index (χ4v) is 5.09. The summed E-state index contributed by atoms with van der Waals surface area (Å²) in [7, 11) is 0. The van der Waals surface area contributed by atoms with Crippen molar-refractivity contribution in [1.29, 1.82) is 0 Å². The van der Waals surface area contributed by atoms with E-state index in [-0.39, 0.29) is 22.5 Å². The monoisotopic (exact) mass is 566 g/mol. The molecule has 190 valence electrons. The topological polar surface area (TPSA) is 41.1 Å². The molecule has 36 heavy (non-hydrogen) atoms. The minimum atomic E-state index is -4.81. The predicted molar refractivity (Wildman–Crippen MR) is 130 cm³/mol. The van der Waals surface area contributed by atoms with Crippen LogP contribution in [-0.2, 0) is 18.1 Å². The number of carbonyl (C=O) groups is 1. The molecule has 0 aliphatic heterocycles. The average Bonchev–Trinajstić information content (AvgIpc) is 3.33. The third-order valence-electron chi connectivity index (χ3n) is 6.46. The molecule has 0 spiro atoms. The maximum atomic E-state index is 14.7. The molecule has 1 saturated carbocycles. The van der Waals surface area contributed by atoms with Gasteiger partial charge in [-0.15, -0.1) is 0 Å². The lowest BCUT2D eigenvalue weighted by Gasteiger charge is -2.37. The Morgan fingerprint density at radius 3 is 2.19 bits per heavy atom. The van der Waals surface area contributed by atoms with E-state index in [9.17, 15) is 26.7 Å². The molecule has 1 aliphatic carbocycles. The number of urea groups is 1. The van der Waals surface area contributed by atoms with Gasteiger partial charge in [0.1, 0.15) is 11.6 Å². The molecule has 9 heteroatoms. The van der Waals surface area contributed by atoms with Crippen LogP contribution in [0.3, 0.4) is 0 Å². The Labute approximate surface area is 214 Å². The zero-order valence-electron chi connectivity index (χ0n) is 19.1. The van der Waals surface area contributed by atoms with Crippen molar-refractivity contribution in [3.05, 3.63) is 105 Å². The summed E-state index contributed by atoms with van der Waals surface area (Å²) >= 11 is 3.14. The lowest BCUT2D eigenvalue weighted by Crippen LogP contribution is -2.53. The lowest BCUT2D eigenvalue weighted by atomic mass is 9.77. The van der Waals surface area contributed by atoms with Crippen LogP contribution in [0, 0.1) is 11.6 Å². The van der Waals surface area contributed by atoms with Gasteiger partial charge in [0.05, 0.1) is 15.6 Å². The Kier molecular flexibility index (Phi) is 7.68. The highest BCUT2D eigenvalue weighted by Crippen LogP contribution is 2.39. The summed E-state index contributed by atoms with van der Waals surface area (Å²) in [5, 5.41) is 5.76. The van der Waals surface area contributed by atoms with Crippen molar-refractivity contribution in [2.24, 2.45) is 0 Å². The van der Waals surface area contributed by atoms with Gasteiger partial charge in [0.25, 0.3) is 0 Å². The van der Waals surface area contributed by atoms with E-state index in [1.54, 1.807) is 30.3 Å². The van der Waals surface area contributed by atoms with Crippen LogP contribution in [0.25, 0.3) is 0 Å². The summed E-state index contributed by atoms with van der Waals surface area (Å²) < 4.78 is 70.0. The highest BCUT2D eigenvalue weighted by atomic mass is 79.9. The Balaban J connectivity index is 1.92. The van der Waals surface area contributed by atoms with Crippen LogP contribution in [-0.4, -0.2) is 12.1 Å². The molecule has 0 heterocycles. The molecule has 3 aromatic rings. The second-order valence-corrected chi connectivity index (χ2v) is 9.86. The minimum Gasteiger partial charge on any atom is -0.335 e. The van der Waals surface area contributed by atoms with Crippen molar-refractivity contribution < 1.29 is 26.7 Å². The van der Waals surface area contributed by atoms with Gasteiger partial charge in [-0.05, 0) is 75.8 Å². The number of halogens is 6. The molecular formula is C27H24BrF5N2O. The van der Waals surface area contributed by atoms with Crippen molar-refractivity contribution in [3.8, 4) is 0 Å². The molecule has 0 radical (unpaired) electrons. The number of benzene rings is 3. The molecule has 1 unspecified atom stereocenters. The molecule has 2 N–H and O–H groups in total. The highest BCUT2D eigenvalue weighted by molar-refractivity contribution is 9.10. The van der Waals surface area contributed by atoms with Gasteiger partial charge in [-0.3, -0.25) is 0 Å². The quantitative estimate of drug-likeness (QED) is 0.298. The molecular weight excluding hydrogens is 543 g/mol. The first-order chi connectivity index (χ1) is 17.1.